The zero-order valence-corrected chi connectivity index (χ0v) is 12.2. The first-order valence-corrected chi connectivity index (χ1v) is 6.99. The Morgan fingerprint density at radius 2 is 2.24 bits per heavy atom. The molecule has 0 aromatic heterocycles. The van der Waals surface area contributed by atoms with Gasteiger partial charge in [0.2, 0.25) is 0 Å². The van der Waals surface area contributed by atoms with Crippen LogP contribution in [0.5, 0.6) is 0 Å². The van der Waals surface area contributed by atoms with E-state index in [1.54, 1.807) is 6.92 Å². The number of benzene rings is 1. The number of alkyl halides is 1. The Bertz CT molecular complexity index is 424. The Morgan fingerprint density at radius 1 is 1.53 bits per heavy atom. The number of ether oxygens (including phenoxy) is 1. The van der Waals surface area contributed by atoms with E-state index in [2.05, 4.69) is 22.9 Å². The van der Waals surface area contributed by atoms with Crippen molar-refractivity contribution in [1.29, 1.82) is 0 Å². The van der Waals surface area contributed by atoms with Crippen molar-refractivity contribution in [1.82, 2.24) is 0 Å². The number of hydrogen-bond acceptors (Lipinski definition) is 1. The van der Waals surface area contributed by atoms with Crippen molar-refractivity contribution in [3.63, 3.8) is 0 Å². The molecule has 0 radical (unpaired) electrons. The van der Waals surface area contributed by atoms with Crippen LogP contribution in [0.25, 0.3) is 0 Å². The van der Waals surface area contributed by atoms with Crippen LogP contribution in [0, 0.1) is 18.7 Å². The summed E-state index contributed by atoms with van der Waals surface area (Å²) >= 11 is 9.76. The van der Waals surface area contributed by atoms with Crippen molar-refractivity contribution in [2.45, 2.75) is 31.2 Å². The van der Waals surface area contributed by atoms with Crippen LogP contribution in [0.1, 0.15) is 29.3 Å². The second kappa shape index (κ2) is 5.25. The lowest BCUT2D eigenvalue weighted by molar-refractivity contribution is 0.120. The second-order valence-electron chi connectivity index (χ2n) is 4.66. The van der Waals surface area contributed by atoms with Crippen molar-refractivity contribution in [2.75, 3.05) is 6.61 Å². The first-order chi connectivity index (χ1) is 7.99. The Hall–Kier alpha value is -0.120. The highest BCUT2D eigenvalue weighted by Gasteiger charge is 2.30. The fourth-order valence-electron chi connectivity index (χ4n) is 2.20. The second-order valence-corrected chi connectivity index (χ2v) is 6.06. The quantitative estimate of drug-likeness (QED) is 0.721. The minimum absolute atomic E-state index is 0.124. The topological polar surface area (TPSA) is 9.23 Å². The Balaban J connectivity index is 2.24. The van der Waals surface area contributed by atoms with Gasteiger partial charge in [0.05, 0.1) is 12.7 Å². The molecule has 1 aliphatic heterocycles. The van der Waals surface area contributed by atoms with E-state index < -0.39 is 0 Å². The third-order valence-electron chi connectivity index (χ3n) is 3.22. The Kier molecular flexibility index (Phi) is 4.11. The lowest BCUT2D eigenvalue weighted by Gasteiger charge is -2.18. The van der Waals surface area contributed by atoms with Gasteiger partial charge in [-0.25, -0.2) is 4.39 Å². The summed E-state index contributed by atoms with van der Waals surface area (Å²) in [6.07, 6.45) is 1.29. The monoisotopic (exact) mass is 320 g/mol. The Morgan fingerprint density at radius 3 is 2.82 bits per heavy atom. The smallest absolute Gasteiger partial charge is 0.127 e. The zero-order chi connectivity index (χ0) is 12.6. The summed E-state index contributed by atoms with van der Waals surface area (Å²) in [5.41, 5.74) is 1.58. The molecule has 1 heterocycles. The molecule has 1 nitrogen and oxygen atoms in total. The molecule has 1 fully saturated rings. The van der Waals surface area contributed by atoms with Gasteiger partial charge in [-0.15, -0.1) is 0 Å². The van der Waals surface area contributed by atoms with Crippen molar-refractivity contribution in [2.24, 2.45) is 5.92 Å². The number of halogens is 3. The average molecular weight is 322 g/mol. The highest BCUT2D eigenvalue weighted by atomic mass is 79.9. The maximum atomic E-state index is 13.3. The molecule has 0 N–H and O–H groups in total. The van der Waals surface area contributed by atoms with E-state index in [0.29, 0.717) is 22.6 Å². The molecule has 0 saturated carbocycles. The van der Waals surface area contributed by atoms with Gasteiger partial charge >= 0.3 is 0 Å². The molecule has 1 aromatic carbocycles. The summed E-state index contributed by atoms with van der Waals surface area (Å²) in [6.45, 7) is 4.55. The van der Waals surface area contributed by atoms with Crippen molar-refractivity contribution in [3.8, 4) is 0 Å². The van der Waals surface area contributed by atoms with Crippen LogP contribution in [-0.2, 0) is 4.74 Å². The molecule has 94 valence electrons. The number of aryl methyl sites for hydroxylation is 1. The van der Waals surface area contributed by atoms with Crippen LogP contribution in [0.2, 0.25) is 5.02 Å². The van der Waals surface area contributed by atoms with Crippen LogP contribution in [0.4, 0.5) is 4.39 Å². The molecule has 0 aliphatic carbocycles. The van der Waals surface area contributed by atoms with Crippen molar-refractivity contribution < 1.29 is 9.13 Å². The molecule has 2 rings (SSSR count). The summed E-state index contributed by atoms with van der Waals surface area (Å²) in [7, 11) is 0. The summed E-state index contributed by atoms with van der Waals surface area (Å²) in [4.78, 5) is 0.124. The third kappa shape index (κ3) is 2.83. The maximum absolute atomic E-state index is 13.3. The standard InChI is InChI=1S/C13H15BrClFO/c1-7-3-10(11(15)5-12(7)16)13(14)9-4-8(2)17-6-9/h3,5,8-9,13H,4,6H2,1-2H3. The van der Waals surface area contributed by atoms with Gasteiger partial charge in [-0.1, -0.05) is 33.6 Å². The van der Waals surface area contributed by atoms with E-state index in [1.807, 2.05) is 6.07 Å². The van der Waals surface area contributed by atoms with Gasteiger partial charge < -0.3 is 4.74 Å². The normalized spacial score (nSPS) is 26.2. The summed E-state index contributed by atoms with van der Waals surface area (Å²) in [5.74, 6) is 0.141. The van der Waals surface area contributed by atoms with Gasteiger partial charge in [0.1, 0.15) is 5.82 Å². The molecule has 4 heteroatoms. The third-order valence-corrected chi connectivity index (χ3v) is 4.79. The van der Waals surface area contributed by atoms with Gasteiger partial charge in [-0.05, 0) is 37.5 Å². The minimum Gasteiger partial charge on any atom is -0.378 e. The van der Waals surface area contributed by atoms with E-state index >= 15 is 0 Å². The molecular weight excluding hydrogens is 306 g/mol. The van der Waals surface area contributed by atoms with Crippen LogP contribution in [0.15, 0.2) is 12.1 Å². The molecule has 1 aliphatic rings. The zero-order valence-electron chi connectivity index (χ0n) is 9.84. The van der Waals surface area contributed by atoms with Crippen molar-refractivity contribution in [3.05, 3.63) is 34.1 Å². The van der Waals surface area contributed by atoms with Gasteiger partial charge in [0.15, 0.2) is 0 Å². The number of hydrogen-bond donors (Lipinski definition) is 0. The molecule has 1 aromatic rings. The predicted molar refractivity (Wildman–Crippen MR) is 71.3 cm³/mol. The summed E-state index contributed by atoms with van der Waals surface area (Å²) < 4.78 is 18.9. The average Bonchev–Trinajstić information content (AvgIpc) is 2.69. The van der Waals surface area contributed by atoms with Gasteiger partial charge in [0.25, 0.3) is 0 Å². The van der Waals surface area contributed by atoms with Gasteiger partial charge in [-0.2, -0.15) is 0 Å². The van der Waals surface area contributed by atoms with E-state index in [0.717, 1.165) is 18.6 Å². The van der Waals surface area contributed by atoms with Crippen molar-refractivity contribution >= 4 is 27.5 Å². The Labute approximate surface area is 114 Å². The molecule has 17 heavy (non-hydrogen) atoms. The predicted octanol–water partition coefficient (Wildman–Crippen LogP) is 4.65. The van der Waals surface area contributed by atoms with Crippen LogP contribution < -0.4 is 0 Å². The molecule has 3 atom stereocenters. The minimum atomic E-state index is -0.255. The summed E-state index contributed by atoms with van der Waals surface area (Å²) in [6, 6.07) is 3.21. The fourth-order valence-corrected chi connectivity index (χ4v) is 3.35. The number of rotatable bonds is 2. The van der Waals surface area contributed by atoms with E-state index in [1.165, 1.54) is 6.07 Å². The van der Waals surface area contributed by atoms with E-state index in [9.17, 15) is 4.39 Å². The fraction of sp³-hybridized carbons (Fsp3) is 0.538. The lowest BCUT2D eigenvalue weighted by atomic mass is 9.95. The first-order valence-electron chi connectivity index (χ1n) is 5.70. The molecule has 0 bridgehead atoms. The maximum Gasteiger partial charge on any atom is 0.127 e. The molecular formula is C13H15BrClFO. The molecule has 1 saturated heterocycles. The van der Waals surface area contributed by atoms with Gasteiger partial charge in [-0.3, -0.25) is 0 Å². The highest BCUT2D eigenvalue weighted by molar-refractivity contribution is 9.09. The lowest BCUT2D eigenvalue weighted by Crippen LogP contribution is -2.08. The molecule has 3 unspecified atom stereocenters. The largest absolute Gasteiger partial charge is 0.378 e. The SMILES string of the molecule is Cc1cc(C(Br)C2COC(C)C2)c(Cl)cc1F. The van der Waals surface area contributed by atoms with Crippen LogP contribution in [-0.4, -0.2) is 12.7 Å². The van der Waals surface area contributed by atoms with E-state index in [4.69, 9.17) is 16.3 Å². The summed E-state index contributed by atoms with van der Waals surface area (Å²) in [5, 5.41) is 0.481. The highest BCUT2D eigenvalue weighted by Crippen LogP contribution is 2.41. The van der Waals surface area contributed by atoms with Crippen LogP contribution >= 0.6 is 27.5 Å². The molecule has 0 amide bonds. The van der Waals surface area contributed by atoms with Crippen LogP contribution in [0.3, 0.4) is 0 Å². The van der Waals surface area contributed by atoms with Gasteiger partial charge in [0, 0.05) is 15.8 Å². The van der Waals surface area contributed by atoms with E-state index in [-0.39, 0.29) is 10.6 Å². The first kappa shape index (κ1) is 13.3. The molecule has 0 spiro atoms.